The number of amides is 1. The fourth-order valence-corrected chi connectivity index (χ4v) is 4.26. The smallest absolute Gasteiger partial charge is 0.307 e. The van der Waals surface area contributed by atoms with Gasteiger partial charge in [0, 0.05) is 24.5 Å². The van der Waals surface area contributed by atoms with Crippen LogP contribution in [0.15, 0.2) is 33.2 Å². The first-order chi connectivity index (χ1) is 13.5. The van der Waals surface area contributed by atoms with Gasteiger partial charge in [-0.2, -0.15) is 0 Å². The Hall–Kier alpha value is -1.86. The number of fused-ring (bicyclic) bond motifs is 1. The molecule has 1 saturated heterocycles. The van der Waals surface area contributed by atoms with Gasteiger partial charge in [0.2, 0.25) is 0 Å². The van der Waals surface area contributed by atoms with Crippen LogP contribution in [0.3, 0.4) is 0 Å². The maximum absolute atomic E-state index is 13.2. The number of furan rings is 1. The van der Waals surface area contributed by atoms with Gasteiger partial charge in [0.25, 0.3) is 5.91 Å². The van der Waals surface area contributed by atoms with E-state index in [0.717, 1.165) is 35.8 Å². The Labute approximate surface area is 173 Å². The molecular weight excluding hydrogens is 424 g/mol. The second-order valence-electron chi connectivity index (χ2n) is 7.00. The quantitative estimate of drug-likeness (QED) is 0.567. The topological polar surface area (TPSA) is 63.0 Å². The van der Waals surface area contributed by atoms with Crippen molar-refractivity contribution in [2.24, 2.45) is 0 Å². The third-order valence-electron chi connectivity index (χ3n) is 5.22. The number of hydrogen-bond donors (Lipinski definition) is 0. The summed E-state index contributed by atoms with van der Waals surface area (Å²) in [5.41, 5.74) is 0.659. The largest absolute Gasteiger partial charge is 0.466 e. The Kier molecular flexibility index (Phi) is 7.13. The van der Waals surface area contributed by atoms with Crippen molar-refractivity contribution in [2.45, 2.75) is 39.2 Å². The van der Waals surface area contributed by atoms with E-state index in [9.17, 15) is 9.59 Å². The molecule has 0 spiro atoms. The summed E-state index contributed by atoms with van der Waals surface area (Å²) in [6.45, 7) is 7.19. The monoisotopic (exact) mass is 450 g/mol. The number of benzene rings is 1. The van der Waals surface area contributed by atoms with E-state index in [1.807, 2.05) is 18.2 Å². The average Bonchev–Trinajstić information content (AvgIpc) is 3.32. The minimum atomic E-state index is -0.286. The minimum absolute atomic E-state index is 0.183. The average molecular weight is 451 g/mol. The van der Waals surface area contributed by atoms with E-state index in [0.29, 0.717) is 37.1 Å². The van der Waals surface area contributed by atoms with E-state index < -0.39 is 0 Å². The number of esters is 1. The Morgan fingerprint density at radius 1 is 1.36 bits per heavy atom. The maximum atomic E-state index is 13.2. The molecule has 0 saturated carbocycles. The van der Waals surface area contributed by atoms with E-state index in [-0.39, 0.29) is 18.3 Å². The predicted octanol–water partition coefficient (Wildman–Crippen LogP) is 4.08. The molecule has 1 aromatic carbocycles. The molecule has 1 amide bonds. The van der Waals surface area contributed by atoms with E-state index in [1.54, 1.807) is 17.9 Å². The summed E-state index contributed by atoms with van der Waals surface area (Å²) in [5.74, 6) is -0.173. The van der Waals surface area contributed by atoms with Gasteiger partial charge >= 0.3 is 5.97 Å². The summed E-state index contributed by atoms with van der Waals surface area (Å²) < 4.78 is 11.7. The van der Waals surface area contributed by atoms with Crippen molar-refractivity contribution >= 4 is 38.8 Å². The number of hydrogen-bond acceptors (Lipinski definition) is 5. The highest BCUT2D eigenvalue weighted by Crippen LogP contribution is 2.28. The van der Waals surface area contributed by atoms with Gasteiger partial charge in [0.1, 0.15) is 5.58 Å². The van der Waals surface area contributed by atoms with Gasteiger partial charge in [-0.3, -0.25) is 14.5 Å². The summed E-state index contributed by atoms with van der Waals surface area (Å²) in [6, 6.07) is 7.79. The molecule has 1 aliphatic rings. The number of para-hydroxylation sites is 1. The molecule has 1 fully saturated rings. The van der Waals surface area contributed by atoms with Crippen molar-refractivity contribution in [3.05, 3.63) is 34.5 Å². The normalized spacial score (nSPS) is 17.2. The molecular formula is C21H27BrN2O4. The Morgan fingerprint density at radius 3 is 2.89 bits per heavy atom. The van der Waals surface area contributed by atoms with Crippen molar-refractivity contribution < 1.29 is 18.7 Å². The number of likely N-dealkylation sites (N-methyl/N-ethyl adjacent to an activating group) is 1. The van der Waals surface area contributed by atoms with E-state index in [1.165, 1.54) is 0 Å². The maximum Gasteiger partial charge on any atom is 0.307 e. The Bertz CT molecular complexity index is 835. The molecule has 0 bridgehead atoms. The zero-order valence-corrected chi connectivity index (χ0v) is 18.0. The van der Waals surface area contributed by atoms with E-state index in [4.69, 9.17) is 9.15 Å². The van der Waals surface area contributed by atoms with Crippen LogP contribution in [0.2, 0.25) is 0 Å². The van der Waals surface area contributed by atoms with Gasteiger partial charge in [-0.15, -0.1) is 0 Å². The van der Waals surface area contributed by atoms with Crippen molar-refractivity contribution in [3.8, 4) is 0 Å². The number of carbonyl (C=O) groups is 2. The second kappa shape index (κ2) is 9.56. The number of ether oxygens (including phenoxy) is 1. The SMILES string of the molecule is CCOC(=O)CCN(CC1CCCN1CC)C(=O)c1cc2cccc(Br)c2o1. The van der Waals surface area contributed by atoms with Crippen LogP contribution < -0.4 is 0 Å². The third kappa shape index (κ3) is 4.75. The van der Waals surface area contributed by atoms with Gasteiger partial charge in [0.15, 0.2) is 5.76 Å². The number of likely N-dealkylation sites (tertiary alicyclic amines) is 1. The van der Waals surface area contributed by atoms with Gasteiger partial charge in [-0.05, 0) is 60.9 Å². The standard InChI is InChI=1S/C21H27BrN2O4/c1-3-23-11-6-8-16(23)14-24(12-10-19(25)27-4-2)21(26)18-13-15-7-5-9-17(22)20(15)28-18/h5,7,9,13,16H,3-4,6,8,10-12,14H2,1-2H3. The molecule has 0 N–H and O–H groups in total. The highest BCUT2D eigenvalue weighted by molar-refractivity contribution is 9.10. The summed E-state index contributed by atoms with van der Waals surface area (Å²) >= 11 is 3.47. The zero-order valence-electron chi connectivity index (χ0n) is 16.4. The molecule has 1 unspecified atom stereocenters. The van der Waals surface area contributed by atoms with Gasteiger partial charge < -0.3 is 14.1 Å². The molecule has 1 atom stereocenters. The first-order valence-corrected chi connectivity index (χ1v) is 10.7. The molecule has 7 heteroatoms. The molecule has 1 aliphatic heterocycles. The number of nitrogens with zero attached hydrogens (tertiary/aromatic N) is 2. The molecule has 28 heavy (non-hydrogen) atoms. The van der Waals surface area contributed by atoms with Crippen LogP contribution in [0, 0.1) is 0 Å². The Morgan fingerprint density at radius 2 is 2.18 bits per heavy atom. The molecule has 152 valence electrons. The highest BCUT2D eigenvalue weighted by Gasteiger charge is 2.29. The van der Waals surface area contributed by atoms with Crippen LogP contribution in [0.5, 0.6) is 0 Å². The van der Waals surface area contributed by atoms with Crippen molar-refractivity contribution in [1.29, 1.82) is 0 Å². The van der Waals surface area contributed by atoms with Gasteiger partial charge in [-0.1, -0.05) is 19.1 Å². The van der Waals surface area contributed by atoms with E-state index in [2.05, 4.69) is 27.8 Å². The number of carbonyl (C=O) groups excluding carboxylic acids is 2. The molecule has 0 radical (unpaired) electrons. The van der Waals surface area contributed by atoms with Crippen molar-refractivity contribution in [3.63, 3.8) is 0 Å². The summed E-state index contributed by atoms with van der Waals surface area (Å²) in [6.07, 6.45) is 2.38. The lowest BCUT2D eigenvalue weighted by Gasteiger charge is -2.29. The summed E-state index contributed by atoms with van der Waals surface area (Å²) in [7, 11) is 0. The fourth-order valence-electron chi connectivity index (χ4n) is 3.80. The second-order valence-corrected chi connectivity index (χ2v) is 7.85. The first-order valence-electron chi connectivity index (χ1n) is 9.90. The third-order valence-corrected chi connectivity index (χ3v) is 5.85. The predicted molar refractivity (Wildman–Crippen MR) is 111 cm³/mol. The molecule has 0 aliphatic carbocycles. The van der Waals surface area contributed by atoms with Crippen LogP contribution in [0.1, 0.15) is 43.7 Å². The van der Waals surface area contributed by atoms with Crippen LogP contribution in [-0.4, -0.2) is 60.5 Å². The molecule has 6 nitrogen and oxygen atoms in total. The molecule has 3 rings (SSSR count). The van der Waals surface area contributed by atoms with Crippen LogP contribution in [0.4, 0.5) is 0 Å². The van der Waals surface area contributed by atoms with Crippen molar-refractivity contribution in [2.75, 3.05) is 32.8 Å². The highest BCUT2D eigenvalue weighted by atomic mass is 79.9. The molecule has 2 heterocycles. The van der Waals surface area contributed by atoms with Crippen LogP contribution >= 0.6 is 15.9 Å². The minimum Gasteiger partial charge on any atom is -0.466 e. The first kappa shape index (κ1) is 20.9. The van der Waals surface area contributed by atoms with Crippen LogP contribution in [0.25, 0.3) is 11.0 Å². The van der Waals surface area contributed by atoms with Crippen LogP contribution in [-0.2, 0) is 9.53 Å². The zero-order chi connectivity index (χ0) is 20.1. The summed E-state index contributed by atoms with van der Waals surface area (Å²) in [4.78, 5) is 29.2. The lowest BCUT2D eigenvalue weighted by molar-refractivity contribution is -0.143. The molecule has 2 aromatic rings. The number of rotatable bonds is 8. The fraction of sp³-hybridized carbons (Fsp3) is 0.524. The molecule has 1 aromatic heterocycles. The lowest BCUT2D eigenvalue weighted by atomic mass is 10.2. The van der Waals surface area contributed by atoms with Gasteiger partial charge in [0.05, 0.1) is 17.5 Å². The Balaban J connectivity index is 1.80. The van der Waals surface area contributed by atoms with Gasteiger partial charge in [-0.25, -0.2) is 0 Å². The van der Waals surface area contributed by atoms with Crippen molar-refractivity contribution in [1.82, 2.24) is 9.80 Å². The summed E-state index contributed by atoms with van der Waals surface area (Å²) in [5, 5.41) is 0.874. The van der Waals surface area contributed by atoms with E-state index >= 15 is 0 Å². The lowest BCUT2D eigenvalue weighted by Crippen LogP contribution is -2.43. The number of halogens is 1.